The maximum atomic E-state index is 5.75. The Morgan fingerprint density at radius 1 is 0.778 bits per heavy atom. The van der Waals surface area contributed by atoms with Gasteiger partial charge in [-0.2, -0.15) is 0 Å². The van der Waals surface area contributed by atoms with Crippen molar-refractivity contribution in [3.05, 3.63) is 24.3 Å². The van der Waals surface area contributed by atoms with E-state index >= 15 is 0 Å². The molecule has 0 heterocycles. The van der Waals surface area contributed by atoms with Gasteiger partial charge in [0, 0.05) is 0 Å². The Morgan fingerprint density at radius 3 is 1.72 bits per heavy atom. The molecule has 0 N–H and O–H groups in total. The molecule has 0 radical (unpaired) electrons. The van der Waals surface area contributed by atoms with Crippen LogP contribution in [0.1, 0.15) is 0 Å². The molecule has 4 heteroatoms. The first-order valence-corrected chi connectivity index (χ1v) is 13.2. The summed E-state index contributed by atoms with van der Waals surface area (Å²) in [4.78, 5) is 0. The van der Waals surface area contributed by atoms with Crippen molar-refractivity contribution in [3.63, 3.8) is 0 Å². The van der Waals surface area contributed by atoms with Crippen LogP contribution in [0.15, 0.2) is 24.3 Å². The maximum absolute atomic E-state index is 5.75. The summed E-state index contributed by atoms with van der Waals surface area (Å²) in [6.45, 7) is 0. The van der Waals surface area contributed by atoms with E-state index in [4.69, 9.17) is 4.74 Å². The Kier molecular flexibility index (Phi) is 5.21. The van der Waals surface area contributed by atoms with Crippen LogP contribution in [0.3, 0.4) is 0 Å². The Labute approximate surface area is 128 Å². The first kappa shape index (κ1) is 14.5. The first-order valence-electron chi connectivity index (χ1n) is 5.53. The van der Waals surface area contributed by atoms with Crippen LogP contribution in [0, 0.1) is 0 Å². The van der Waals surface area contributed by atoms with Crippen LogP contribution in [0.25, 0.3) is 10.8 Å². The molecule has 0 unspecified atom stereocenters. The normalized spacial score (nSPS) is 10.9. The molecule has 0 bridgehead atoms. The van der Waals surface area contributed by atoms with E-state index in [9.17, 15) is 0 Å². The van der Waals surface area contributed by atoms with Gasteiger partial charge in [-0.3, -0.25) is 0 Å². The zero-order valence-corrected chi connectivity index (χ0v) is 16.1. The molecule has 0 amide bonds. The van der Waals surface area contributed by atoms with E-state index in [1.807, 2.05) is 7.11 Å². The average Bonchev–Trinajstić information content (AvgIpc) is 2.44. The quantitative estimate of drug-likeness (QED) is 0.649. The average molecular weight is 437 g/mol. The molecular formula is C14H16OSe3. The molecule has 0 aromatic heterocycles. The minimum atomic E-state index is 0.463. The van der Waals surface area contributed by atoms with Gasteiger partial charge in [-0.15, -0.1) is 0 Å². The van der Waals surface area contributed by atoms with E-state index in [-0.39, 0.29) is 0 Å². The second-order valence-electron chi connectivity index (χ2n) is 3.68. The van der Waals surface area contributed by atoms with E-state index < -0.39 is 0 Å². The van der Waals surface area contributed by atoms with E-state index in [1.165, 1.54) is 25.4 Å². The molecular weight excluding hydrogens is 421 g/mol. The van der Waals surface area contributed by atoms with Gasteiger partial charge in [0.1, 0.15) is 0 Å². The predicted molar refractivity (Wildman–Crippen MR) is 84.3 cm³/mol. The molecule has 2 aromatic carbocycles. The Morgan fingerprint density at radius 2 is 1.28 bits per heavy atom. The van der Waals surface area contributed by atoms with Gasteiger partial charge in [0.2, 0.25) is 0 Å². The third kappa shape index (κ3) is 2.39. The van der Waals surface area contributed by atoms with Crippen molar-refractivity contribution in [2.75, 3.05) is 7.11 Å². The predicted octanol–water partition coefficient (Wildman–Crippen LogP) is 0.981. The number of hydrogen-bond acceptors (Lipinski definition) is 1. The second-order valence-corrected chi connectivity index (χ2v) is 8.82. The molecule has 0 saturated carbocycles. The molecule has 1 nitrogen and oxygen atoms in total. The summed E-state index contributed by atoms with van der Waals surface area (Å²) in [6.07, 6.45) is 0. The molecule has 0 fully saturated rings. The van der Waals surface area contributed by atoms with Gasteiger partial charge in [0.05, 0.1) is 0 Å². The Bertz CT molecular complexity index is 516. The third-order valence-electron chi connectivity index (χ3n) is 2.85. The van der Waals surface area contributed by atoms with Gasteiger partial charge in [-0.25, -0.2) is 0 Å². The molecule has 0 aliphatic carbocycles. The van der Waals surface area contributed by atoms with Crippen molar-refractivity contribution in [2.24, 2.45) is 0 Å². The van der Waals surface area contributed by atoms with Crippen LogP contribution in [-0.4, -0.2) is 52.0 Å². The summed E-state index contributed by atoms with van der Waals surface area (Å²) in [6, 6.07) is 8.82. The molecule has 2 aromatic rings. The topological polar surface area (TPSA) is 9.23 Å². The molecule has 0 spiro atoms. The van der Waals surface area contributed by atoms with Crippen molar-refractivity contribution in [1.29, 1.82) is 0 Å². The summed E-state index contributed by atoms with van der Waals surface area (Å²) in [5.74, 6) is 8.06. The van der Waals surface area contributed by atoms with Crippen LogP contribution < -0.4 is 18.1 Å². The number of ether oxygens (including phenoxy) is 1. The van der Waals surface area contributed by atoms with Crippen molar-refractivity contribution in [1.82, 2.24) is 0 Å². The molecule has 18 heavy (non-hydrogen) atoms. The SMILES string of the molecule is COc1c([Se]C)c([Se]C)c2ccccc2c1[Se]C. The summed E-state index contributed by atoms with van der Waals surface area (Å²) in [7, 11) is 1.82. The molecule has 96 valence electrons. The van der Waals surface area contributed by atoms with E-state index in [0.29, 0.717) is 44.9 Å². The van der Waals surface area contributed by atoms with Gasteiger partial charge in [-0.1, -0.05) is 0 Å². The van der Waals surface area contributed by atoms with Crippen LogP contribution in [-0.2, 0) is 0 Å². The van der Waals surface area contributed by atoms with Gasteiger partial charge < -0.3 is 0 Å². The van der Waals surface area contributed by atoms with Crippen molar-refractivity contribution >= 4 is 69.0 Å². The van der Waals surface area contributed by atoms with Crippen molar-refractivity contribution < 1.29 is 4.74 Å². The number of rotatable bonds is 4. The fourth-order valence-corrected chi connectivity index (χ4v) is 8.68. The van der Waals surface area contributed by atoms with E-state index in [0.717, 1.165) is 0 Å². The molecule has 2 rings (SSSR count). The fourth-order valence-electron chi connectivity index (χ4n) is 2.11. The number of fused-ring (bicyclic) bond motifs is 1. The monoisotopic (exact) mass is 440 g/mol. The fraction of sp³-hybridized carbons (Fsp3) is 0.286. The van der Waals surface area contributed by atoms with Gasteiger partial charge >= 0.3 is 128 Å². The molecule has 0 saturated heterocycles. The van der Waals surface area contributed by atoms with E-state index in [2.05, 4.69) is 41.7 Å². The number of hydrogen-bond donors (Lipinski definition) is 0. The summed E-state index contributed by atoms with van der Waals surface area (Å²) < 4.78 is 10.2. The minimum absolute atomic E-state index is 0.463. The summed E-state index contributed by atoms with van der Waals surface area (Å²) in [5, 5.41) is 2.86. The molecule has 0 aliphatic rings. The van der Waals surface area contributed by atoms with Gasteiger partial charge in [-0.05, 0) is 0 Å². The molecule has 0 aliphatic heterocycles. The van der Waals surface area contributed by atoms with Crippen LogP contribution in [0.4, 0.5) is 0 Å². The second kappa shape index (κ2) is 6.48. The van der Waals surface area contributed by atoms with Gasteiger partial charge in [0.25, 0.3) is 0 Å². The van der Waals surface area contributed by atoms with Crippen molar-refractivity contribution in [3.8, 4) is 5.75 Å². The molecule has 0 atom stereocenters. The first-order chi connectivity index (χ1) is 8.78. The summed E-state index contributed by atoms with van der Waals surface area (Å²) >= 11 is 1.46. The number of methoxy groups -OCH3 is 1. The van der Waals surface area contributed by atoms with E-state index in [1.54, 1.807) is 4.46 Å². The Balaban J connectivity index is 2.94. The van der Waals surface area contributed by atoms with Crippen LogP contribution >= 0.6 is 0 Å². The Hall–Kier alpha value is 0.0584. The zero-order valence-electron chi connectivity index (χ0n) is 10.9. The van der Waals surface area contributed by atoms with Crippen molar-refractivity contribution in [2.45, 2.75) is 17.5 Å². The number of benzene rings is 2. The van der Waals surface area contributed by atoms with Crippen LogP contribution in [0.2, 0.25) is 17.5 Å². The van der Waals surface area contributed by atoms with Gasteiger partial charge in [0.15, 0.2) is 0 Å². The summed E-state index contributed by atoms with van der Waals surface area (Å²) in [5.41, 5.74) is 0. The third-order valence-corrected chi connectivity index (χ3v) is 8.63. The zero-order chi connectivity index (χ0) is 13.1. The van der Waals surface area contributed by atoms with Crippen LogP contribution in [0.5, 0.6) is 5.75 Å². The standard InChI is InChI=1S/C14H16OSe3/c1-15-11-12(16-2)9-7-5-6-8-10(9)13(17-3)14(11)18-4/h5-8H,1-4H3.